The van der Waals surface area contributed by atoms with Crippen molar-refractivity contribution in [3.63, 3.8) is 0 Å². The molecule has 0 nitrogen and oxygen atoms in total. The van der Waals surface area contributed by atoms with E-state index >= 15 is 0 Å². The normalized spacial score (nSPS) is 45.6. The molecule has 4 aliphatic carbocycles. The van der Waals surface area contributed by atoms with Crippen LogP contribution >= 0.6 is 0 Å². The van der Waals surface area contributed by atoms with E-state index in [4.69, 9.17) is 0 Å². The zero-order valence-electron chi connectivity index (χ0n) is 19.3. The number of rotatable bonds is 5. The fourth-order valence-electron chi connectivity index (χ4n) is 8.29. The van der Waals surface area contributed by atoms with Crippen LogP contribution in [0.3, 0.4) is 0 Å². The summed E-state index contributed by atoms with van der Waals surface area (Å²) in [4.78, 5) is 0. The standard InChI is InChI=1S/C28H50/c1-3-4-22-7-11-24(12-8-22)26-15-19-28(20-16-26)27-17-13-25(14-18-27)23-9-5-21(2)6-10-23/h21-28H,3-20H2,1-2H3. The monoisotopic (exact) mass is 386 g/mol. The number of hydrogen-bond acceptors (Lipinski definition) is 0. The molecule has 4 saturated carbocycles. The Labute approximate surface area is 177 Å². The van der Waals surface area contributed by atoms with Gasteiger partial charge in [-0.3, -0.25) is 0 Å². The second-order valence-electron chi connectivity index (χ2n) is 11.9. The first-order valence-electron chi connectivity index (χ1n) is 13.7. The molecule has 0 aromatic rings. The van der Waals surface area contributed by atoms with Gasteiger partial charge < -0.3 is 0 Å². The van der Waals surface area contributed by atoms with Gasteiger partial charge in [-0.2, -0.15) is 0 Å². The van der Waals surface area contributed by atoms with Gasteiger partial charge in [0, 0.05) is 0 Å². The van der Waals surface area contributed by atoms with Gasteiger partial charge in [0.05, 0.1) is 0 Å². The average Bonchev–Trinajstić information content (AvgIpc) is 2.75. The van der Waals surface area contributed by atoms with Crippen molar-refractivity contribution in [2.24, 2.45) is 47.3 Å². The first-order chi connectivity index (χ1) is 13.7. The lowest BCUT2D eigenvalue weighted by atomic mass is 9.63. The molecule has 0 radical (unpaired) electrons. The maximum absolute atomic E-state index is 2.47. The van der Waals surface area contributed by atoms with Gasteiger partial charge in [-0.1, -0.05) is 52.4 Å². The lowest BCUT2D eigenvalue weighted by Crippen LogP contribution is -2.31. The van der Waals surface area contributed by atoms with Crippen molar-refractivity contribution in [1.82, 2.24) is 0 Å². The van der Waals surface area contributed by atoms with Gasteiger partial charge in [0.15, 0.2) is 0 Å². The van der Waals surface area contributed by atoms with Crippen LogP contribution in [0.1, 0.15) is 129 Å². The van der Waals surface area contributed by atoms with Gasteiger partial charge in [-0.25, -0.2) is 0 Å². The van der Waals surface area contributed by atoms with E-state index in [0.29, 0.717) is 0 Å². The lowest BCUT2D eigenvalue weighted by molar-refractivity contribution is 0.0863. The van der Waals surface area contributed by atoms with Crippen molar-refractivity contribution in [2.45, 2.75) is 129 Å². The Hall–Kier alpha value is 0. The predicted molar refractivity (Wildman–Crippen MR) is 122 cm³/mol. The van der Waals surface area contributed by atoms with Crippen LogP contribution in [-0.2, 0) is 0 Å². The highest BCUT2D eigenvalue weighted by atomic mass is 14.4. The van der Waals surface area contributed by atoms with E-state index in [2.05, 4.69) is 13.8 Å². The van der Waals surface area contributed by atoms with E-state index in [-0.39, 0.29) is 0 Å². The molecular weight excluding hydrogens is 336 g/mol. The summed E-state index contributed by atoms with van der Waals surface area (Å²) >= 11 is 0. The first-order valence-corrected chi connectivity index (χ1v) is 13.7. The molecule has 0 spiro atoms. The Kier molecular flexibility index (Phi) is 7.85. The molecule has 0 bridgehead atoms. The van der Waals surface area contributed by atoms with Crippen LogP contribution in [0, 0.1) is 47.3 Å². The molecule has 4 rings (SSSR count). The predicted octanol–water partition coefficient (Wildman–Crippen LogP) is 9.03. The SMILES string of the molecule is CCCC1CCC(C2CCC(C3CCC(C4CCC(C)CC4)CC3)CC2)CC1. The zero-order valence-corrected chi connectivity index (χ0v) is 19.3. The van der Waals surface area contributed by atoms with Crippen molar-refractivity contribution in [3.05, 3.63) is 0 Å². The molecule has 28 heavy (non-hydrogen) atoms. The minimum absolute atomic E-state index is 1.02. The van der Waals surface area contributed by atoms with Crippen LogP contribution in [0.4, 0.5) is 0 Å². The van der Waals surface area contributed by atoms with Crippen LogP contribution in [0.5, 0.6) is 0 Å². The summed E-state index contributed by atoms with van der Waals surface area (Å²) in [5, 5.41) is 0. The minimum atomic E-state index is 1.02. The van der Waals surface area contributed by atoms with E-state index in [1.165, 1.54) is 25.7 Å². The van der Waals surface area contributed by atoms with E-state index in [1.54, 1.807) is 89.9 Å². The Morgan fingerprint density at radius 1 is 0.429 bits per heavy atom. The fraction of sp³-hybridized carbons (Fsp3) is 1.00. The van der Waals surface area contributed by atoms with Crippen LogP contribution in [0.15, 0.2) is 0 Å². The van der Waals surface area contributed by atoms with E-state index in [0.717, 1.165) is 47.3 Å². The van der Waals surface area contributed by atoms with Gasteiger partial charge in [0.25, 0.3) is 0 Å². The molecular formula is C28H50. The maximum Gasteiger partial charge on any atom is -0.0386 e. The molecule has 0 aromatic carbocycles. The summed E-state index contributed by atoms with van der Waals surface area (Å²) in [5.41, 5.74) is 0. The van der Waals surface area contributed by atoms with Crippen LogP contribution in [0.25, 0.3) is 0 Å². The second-order valence-corrected chi connectivity index (χ2v) is 11.9. The van der Waals surface area contributed by atoms with E-state index < -0.39 is 0 Å². The van der Waals surface area contributed by atoms with E-state index in [1.807, 2.05) is 0 Å². The molecule has 0 unspecified atom stereocenters. The third-order valence-corrected chi connectivity index (χ3v) is 10.3. The quantitative estimate of drug-likeness (QED) is 0.442. The smallest absolute Gasteiger partial charge is 0.0386 e. The van der Waals surface area contributed by atoms with Gasteiger partial charge in [-0.05, 0) is 124 Å². The molecule has 0 aromatic heterocycles. The van der Waals surface area contributed by atoms with Crippen LogP contribution in [-0.4, -0.2) is 0 Å². The molecule has 0 heteroatoms. The fourth-order valence-corrected chi connectivity index (χ4v) is 8.29. The number of hydrogen-bond donors (Lipinski definition) is 0. The first kappa shape index (κ1) is 21.2. The van der Waals surface area contributed by atoms with Crippen molar-refractivity contribution in [3.8, 4) is 0 Å². The Balaban J connectivity index is 1.15. The van der Waals surface area contributed by atoms with Crippen molar-refractivity contribution in [1.29, 1.82) is 0 Å². The molecule has 0 saturated heterocycles. The maximum atomic E-state index is 2.47. The Morgan fingerprint density at radius 3 is 1.04 bits per heavy atom. The summed E-state index contributed by atoms with van der Waals surface area (Å²) in [6.45, 7) is 4.84. The molecule has 0 N–H and O–H groups in total. The van der Waals surface area contributed by atoms with Crippen molar-refractivity contribution >= 4 is 0 Å². The highest BCUT2D eigenvalue weighted by Crippen LogP contribution is 2.48. The molecule has 0 amide bonds. The summed E-state index contributed by atoms with van der Waals surface area (Å²) < 4.78 is 0. The molecule has 0 heterocycles. The van der Waals surface area contributed by atoms with Crippen molar-refractivity contribution < 1.29 is 0 Å². The summed E-state index contributed by atoms with van der Waals surface area (Å²) in [6, 6.07) is 0. The minimum Gasteiger partial charge on any atom is -0.0654 e. The summed E-state index contributed by atoms with van der Waals surface area (Å²) in [7, 11) is 0. The van der Waals surface area contributed by atoms with Crippen LogP contribution < -0.4 is 0 Å². The highest BCUT2D eigenvalue weighted by molar-refractivity contribution is 4.87. The van der Waals surface area contributed by atoms with Crippen LogP contribution in [0.2, 0.25) is 0 Å². The zero-order chi connectivity index (χ0) is 19.3. The van der Waals surface area contributed by atoms with Crippen molar-refractivity contribution in [2.75, 3.05) is 0 Å². The molecule has 0 atom stereocenters. The molecule has 4 fully saturated rings. The topological polar surface area (TPSA) is 0 Å². The third-order valence-electron chi connectivity index (χ3n) is 10.3. The lowest BCUT2D eigenvalue weighted by Gasteiger charge is -2.43. The second kappa shape index (κ2) is 10.3. The van der Waals surface area contributed by atoms with Gasteiger partial charge in [0.1, 0.15) is 0 Å². The Bertz CT molecular complexity index is 421. The van der Waals surface area contributed by atoms with Gasteiger partial charge in [-0.15, -0.1) is 0 Å². The van der Waals surface area contributed by atoms with E-state index in [9.17, 15) is 0 Å². The average molecular weight is 387 g/mol. The third kappa shape index (κ3) is 5.37. The van der Waals surface area contributed by atoms with Gasteiger partial charge in [0.2, 0.25) is 0 Å². The largest absolute Gasteiger partial charge is 0.0654 e. The van der Waals surface area contributed by atoms with Gasteiger partial charge >= 0.3 is 0 Å². The molecule has 4 aliphatic rings. The highest BCUT2D eigenvalue weighted by Gasteiger charge is 2.36. The Morgan fingerprint density at radius 2 is 0.714 bits per heavy atom. The summed E-state index contributed by atoms with van der Waals surface area (Å²) in [5.74, 6) is 8.76. The summed E-state index contributed by atoms with van der Waals surface area (Å²) in [6.07, 6.45) is 28.1. The molecule has 162 valence electrons. The molecule has 0 aliphatic heterocycles.